The summed E-state index contributed by atoms with van der Waals surface area (Å²) in [7, 11) is 1.46. The van der Waals surface area contributed by atoms with E-state index in [-0.39, 0.29) is 53.1 Å². The molecule has 5 aliphatic rings. The first-order chi connectivity index (χ1) is 21.1. The Morgan fingerprint density at radius 2 is 1.84 bits per heavy atom. The zero-order valence-corrected chi connectivity index (χ0v) is 27.1. The van der Waals surface area contributed by atoms with Crippen LogP contribution in [-0.2, 0) is 28.5 Å². The van der Waals surface area contributed by atoms with Gasteiger partial charge in [0.2, 0.25) is 0 Å². The molecule has 4 saturated carbocycles. The van der Waals surface area contributed by atoms with Crippen molar-refractivity contribution in [3.63, 3.8) is 0 Å². The predicted octanol–water partition coefficient (Wildman–Crippen LogP) is 7.16. The van der Waals surface area contributed by atoms with Crippen molar-refractivity contribution in [2.75, 3.05) is 13.7 Å². The quantitative estimate of drug-likeness (QED) is 0.229. The lowest BCUT2D eigenvalue weighted by Crippen LogP contribution is -2.63. The molecule has 0 N–H and O–H groups in total. The van der Waals surface area contributed by atoms with Crippen LogP contribution in [0, 0.1) is 46.3 Å². The highest BCUT2D eigenvalue weighted by molar-refractivity contribution is 5.89. The highest BCUT2D eigenvalue weighted by atomic mass is 16.7. The zero-order valence-electron chi connectivity index (χ0n) is 27.1. The van der Waals surface area contributed by atoms with E-state index in [0.29, 0.717) is 54.3 Å². The largest absolute Gasteiger partial charge is 0.469 e. The van der Waals surface area contributed by atoms with Gasteiger partial charge >= 0.3 is 11.9 Å². The molecule has 1 aromatic carbocycles. The van der Waals surface area contributed by atoms with E-state index in [0.717, 1.165) is 64.4 Å². The van der Waals surface area contributed by atoms with Gasteiger partial charge in [-0.2, -0.15) is 0 Å². The van der Waals surface area contributed by atoms with Crippen molar-refractivity contribution < 1.29 is 33.3 Å². The molecular formula is C37H52O7. The summed E-state index contributed by atoms with van der Waals surface area (Å²) in [5.41, 5.74) is 0.425. The fraction of sp³-hybridized carbons (Fsp3) is 0.757. The van der Waals surface area contributed by atoms with Crippen LogP contribution in [0.25, 0.3) is 0 Å². The molecule has 0 spiro atoms. The number of carbonyl (C=O) groups excluding carboxylic acids is 3. The SMILES string of the molecule is COC(=O)CCC(C)C1CCC2C3C(OC(=O)c4ccccc4)C[C@@H]4CC(=O)CC[C@]4(C)C3C[C@H](OC3CCCCO3)[C@]12C. The molecule has 242 valence electrons. The van der Waals surface area contributed by atoms with Crippen molar-refractivity contribution in [1.82, 2.24) is 0 Å². The molecule has 0 bridgehead atoms. The Morgan fingerprint density at radius 3 is 2.57 bits per heavy atom. The van der Waals surface area contributed by atoms with Gasteiger partial charge in [-0.05, 0) is 105 Å². The molecule has 6 rings (SSSR count). The van der Waals surface area contributed by atoms with Crippen LogP contribution in [-0.4, -0.2) is 49.9 Å². The van der Waals surface area contributed by atoms with Gasteiger partial charge in [0.15, 0.2) is 6.29 Å². The molecule has 1 aromatic rings. The number of benzene rings is 1. The lowest BCUT2D eigenvalue weighted by Gasteiger charge is -2.64. The molecule has 11 atom stereocenters. The minimum absolute atomic E-state index is 0.000814. The smallest absolute Gasteiger partial charge is 0.338 e. The number of Topliss-reactive ketones (excluding diaryl/α,β-unsaturated/α-hetero) is 1. The van der Waals surface area contributed by atoms with E-state index < -0.39 is 0 Å². The number of hydrogen-bond acceptors (Lipinski definition) is 7. The molecule has 0 amide bonds. The summed E-state index contributed by atoms with van der Waals surface area (Å²) in [6.45, 7) is 7.88. The second kappa shape index (κ2) is 12.9. The number of rotatable bonds is 8. The van der Waals surface area contributed by atoms with E-state index >= 15 is 0 Å². The minimum atomic E-state index is -0.267. The van der Waals surface area contributed by atoms with Crippen molar-refractivity contribution in [3.8, 4) is 0 Å². The number of esters is 2. The molecule has 7 unspecified atom stereocenters. The van der Waals surface area contributed by atoms with Crippen LogP contribution in [0.5, 0.6) is 0 Å². The fourth-order valence-electron chi connectivity index (χ4n) is 10.6. The Labute approximate surface area is 263 Å². The molecule has 7 heteroatoms. The first-order valence-electron chi connectivity index (χ1n) is 17.3. The third-order valence-electron chi connectivity index (χ3n) is 13.1. The average molecular weight is 609 g/mol. The number of fused-ring (bicyclic) bond motifs is 5. The first-order valence-corrected chi connectivity index (χ1v) is 17.3. The third-order valence-corrected chi connectivity index (χ3v) is 13.1. The second-order valence-electron chi connectivity index (χ2n) is 15.1. The summed E-state index contributed by atoms with van der Waals surface area (Å²) in [6, 6.07) is 9.31. The van der Waals surface area contributed by atoms with Crippen molar-refractivity contribution in [2.24, 2.45) is 46.3 Å². The van der Waals surface area contributed by atoms with E-state index in [9.17, 15) is 14.4 Å². The molecule has 5 fully saturated rings. The van der Waals surface area contributed by atoms with Gasteiger partial charge in [-0.15, -0.1) is 0 Å². The van der Waals surface area contributed by atoms with E-state index in [2.05, 4.69) is 20.8 Å². The molecular weight excluding hydrogens is 556 g/mol. The highest BCUT2D eigenvalue weighted by Gasteiger charge is 2.67. The number of ketones is 1. The molecule has 7 nitrogen and oxygen atoms in total. The van der Waals surface area contributed by atoms with Crippen molar-refractivity contribution in [1.29, 1.82) is 0 Å². The number of carbonyl (C=O) groups is 3. The molecule has 0 aromatic heterocycles. The van der Waals surface area contributed by atoms with Gasteiger partial charge in [-0.1, -0.05) is 39.0 Å². The van der Waals surface area contributed by atoms with Gasteiger partial charge in [0.1, 0.15) is 11.9 Å². The zero-order chi connectivity index (χ0) is 31.1. The maximum absolute atomic E-state index is 13.6. The first kappa shape index (κ1) is 31.7. The van der Waals surface area contributed by atoms with Crippen molar-refractivity contribution in [3.05, 3.63) is 35.9 Å². The van der Waals surface area contributed by atoms with Gasteiger partial charge in [0.05, 0.1) is 18.8 Å². The maximum Gasteiger partial charge on any atom is 0.338 e. The van der Waals surface area contributed by atoms with E-state index in [4.69, 9.17) is 18.9 Å². The topological polar surface area (TPSA) is 88.1 Å². The van der Waals surface area contributed by atoms with Gasteiger partial charge in [0, 0.05) is 37.2 Å². The molecule has 1 aliphatic heterocycles. The lowest BCUT2D eigenvalue weighted by molar-refractivity contribution is -0.264. The summed E-state index contributed by atoms with van der Waals surface area (Å²) in [5, 5.41) is 0. The van der Waals surface area contributed by atoms with Crippen LogP contribution in [0.15, 0.2) is 30.3 Å². The summed E-state index contributed by atoms with van der Waals surface area (Å²) in [4.78, 5) is 38.5. The Balaban J connectivity index is 1.36. The molecule has 0 radical (unpaired) electrons. The summed E-state index contributed by atoms with van der Waals surface area (Å²) in [6.07, 6.45) is 9.73. The van der Waals surface area contributed by atoms with Crippen molar-refractivity contribution >= 4 is 17.7 Å². The predicted molar refractivity (Wildman–Crippen MR) is 166 cm³/mol. The molecule has 1 saturated heterocycles. The van der Waals surface area contributed by atoms with E-state index in [1.807, 2.05) is 30.3 Å². The average Bonchev–Trinajstić information content (AvgIpc) is 3.39. The fourth-order valence-corrected chi connectivity index (χ4v) is 10.6. The van der Waals surface area contributed by atoms with Gasteiger partial charge in [-0.3, -0.25) is 9.59 Å². The van der Waals surface area contributed by atoms with Gasteiger partial charge in [0.25, 0.3) is 0 Å². The Hall–Kier alpha value is -2.25. The number of hydrogen-bond donors (Lipinski definition) is 0. The molecule has 44 heavy (non-hydrogen) atoms. The minimum Gasteiger partial charge on any atom is -0.469 e. The third kappa shape index (κ3) is 5.77. The summed E-state index contributed by atoms with van der Waals surface area (Å²) in [5.74, 6) is 1.61. The normalized spacial score (nSPS) is 40.7. The summed E-state index contributed by atoms with van der Waals surface area (Å²) < 4.78 is 24.8. The van der Waals surface area contributed by atoms with Crippen LogP contribution in [0.4, 0.5) is 0 Å². The van der Waals surface area contributed by atoms with Gasteiger partial charge < -0.3 is 18.9 Å². The Kier molecular flexibility index (Phi) is 9.27. The standard InChI is InChI=1S/C37H52O7/c1-23(13-16-32(39)41-4)27-14-15-28-34-29(22-31(37(27,28)3)44-33-12-8-9-19-42-33)36(2)18-17-26(38)20-25(36)21-30(34)43-35(40)24-10-6-5-7-11-24/h5-7,10-11,23,25,27-31,33-34H,8-9,12-22H2,1-4H3/t23?,25-,27?,28?,29?,30?,31-,33?,34?,36-,37+/m0/s1. The van der Waals surface area contributed by atoms with E-state index in [1.165, 1.54) is 7.11 Å². The lowest BCUT2D eigenvalue weighted by atomic mass is 9.43. The second-order valence-corrected chi connectivity index (χ2v) is 15.1. The number of methoxy groups -OCH3 is 1. The number of ether oxygens (including phenoxy) is 4. The summed E-state index contributed by atoms with van der Waals surface area (Å²) >= 11 is 0. The van der Waals surface area contributed by atoms with Crippen molar-refractivity contribution in [2.45, 2.75) is 116 Å². The van der Waals surface area contributed by atoms with Crippen LogP contribution in [0.1, 0.15) is 108 Å². The van der Waals surface area contributed by atoms with Crippen LogP contribution >= 0.6 is 0 Å². The van der Waals surface area contributed by atoms with Gasteiger partial charge in [-0.25, -0.2) is 4.79 Å². The van der Waals surface area contributed by atoms with Crippen LogP contribution in [0.3, 0.4) is 0 Å². The monoisotopic (exact) mass is 608 g/mol. The van der Waals surface area contributed by atoms with Crippen LogP contribution in [0.2, 0.25) is 0 Å². The molecule has 1 heterocycles. The molecule has 4 aliphatic carbocycles. The van der Waals surface area contributed by atoms with Crippen LogP contribution < -0.4 is 0 Å². The Bertz CT molecular complexity index is 1190. The maximum atomic E-state index is 13.6. The highest BCUT2D eigenvalue weighted by Crippen LogP contribution is 2.69. The van der Waals surface area contributed by atoms with E-state index in [1.54, 1.807) is 0 Å². The Morgan fingerprint density at radius 1 is 1.05 bits per heavy atom.